The van der Waals surface area contributed by atoms with E-state index >= 15 is 0 Å². The van der Waals surface area contributed by atoms with Gasteiger partial charge in [-0.15, -0.1) is 0 Å². The molecule has 0 heterocycles. The van der Waals surface area contributed by atoms with Gasteiger partial charge >= 0.3 is 0 Å². The van der Waals surface area contributed by atoms with Crippen LogP contribution in [0.5, 0.6) is 0 Å². The summed E-state index contributed by atoms with van der Waals surface area (Å²) < 4.78 is 13.4. The Labute approximate surface area is 92.2 Å². The van der Waals surface area contributed by atoms with Gasteiger partial charge < -0.3 is 10.2 Å². The van der Waals surface area contributed by atoms with Crippen molar-refractivity contribution in [3.63, 3.8) is 0 Å². The highest BCUT2D eigenvalue weighted by atomic mass is 79.9. The Balaban J connectivity index is 2.47. The van der Waals surface area contributed by atoms with Crippen LogP contribution in [0.25, 0.3) is 0 Å². The number of rotatable bonds is 4. The average Bonchev–Trinajstić information content (AvgIpc) is 2.10. The van der Waals surface area contributed by atoms with Crippen molar-refractivity contribution in [2.24, 2.45) is 0 Å². The van der Waals surface area contributed by atoms with E-state index in [1.807, 2.05) is 14.1 Å². The lowest BCUT2D eigenvalue weighted by atomic mass is 10.3. The fourth-order valence-corrected chi connectivity index (χ4v) is 1.41. The minimum atomic E-state index is -0.233. The van der Waals surface area contributed by atoms with Crippen LogP contribution < -0.4 is 5.32 Å². The first-order valence-electron chi connectivity index (χ1n) is 4.43. The van der Waals surface area contributed by atoms with Gasteiger partial charge in [0.05, 0.1) is 4.47 Å². The molecule has 0 amide bonds. The Morgan fingerprint density at radius 3 is 2.71 bits per heavy atom. The van der Waals surface area contributed by atoms with Crippen molar-refractivity contribution in [3.05, 3.63) is 28.5 Å². The number of halogens is 2. The number of nitrogens with one attached hydrogen (secondary N) is 1. The summed E-state index contributed by atoms with van der Waals surface area (Å²) in [6.07, 6.45) is 0. The molecule has 0 bridgehead atoms. The zero-order valence-electron chi connectivity index (χ0n) is 8.35. The number of likely N-dealkylation sites (N-methyl/N-ethyl adjacent to an activating group) is 1. The Morgan fingerprint density at radius 1 is 1.43 bits per heavy atom. The molecule has 0 atom stereocenters. The molecule has 1 N–H and O–H groups in total. The van der Waals surface area contributed by atoms with E-state index in [9.17, 15) is 4.39 Å². The summed E-state index contributed by atoms with van der Waals surface area (Å²) in [5.74, 6) is -0.233. The highest BCUT2D eigenvalue weighted by Crippen LogP contribution is 2.19. The molecule has 0 spiro atoms. The van der Waals surface area contributed by atoms with Crippen LogP contribution in [-0.4, -0.2) is 32.1 Å². The predicted molar refractivity (Wildman–Crippen MR) is 61.1 cm³/mol. The highest BCUT2D eigenvalue weighted by molar-refractivity contribution is 9.10. The average molecular weight is 261 g/mol. The fourth-order valence-electron chi connectivity index (χ4n) is 1.03. The van der Waals surface area contributed by atoms with E-state index in [0.717, 1.165) is 18.8 Å². The summed E-state index contributed by atoms with van der Waals surface area (Å²) in [5.41, 5.74) is 0.931. The van der Waals surface area contributed by atoms with E-state index in [-0.39, 0.29) is 5.82 Å². The van der Waals surface area contributed by atoms with Gasteiger partial charge in [0.25, 0.3) is 0 Å². The molecule has 0 aliphatic carbocycles. The lowest BCUT2D eigenvalue weighted by molar-refractivity contribution is 0.425. The van der Waals surface area contributed by atoms with Crippen LogP contribution in [0.4, 0.5) is 10.1 Å². The van der Waals surface area contributed by atoms with Crippen molar-refractivity contribution in [2.45, 2.75) is 0 Å². The largest absolute Gasteiger partial charge is 0.384 e. The van der Waals surface area contributed by atoms with Crippen molar-refractivity contribution in [1.29, 1.82) is 0 Å². The second-order valence-corrected chi connectivity index (χ2v) is 4.21. The summed E-state index contributed by atoms with van der Waals surface area (Å²) in [5, 5.41) is 3.21. The topological polar surface area (TPSA) is 15.3 Å². The summed E-state index contributed by atoms with van der Waals surface area (Å²) >= 11 is 3.14. The molecule has 0 radical (unpaired) electrons. The van der Waals surface area contributed by atoms with Crippen LogP contribution >= 0.6 is 15.9 Å². The third kappa shape index (κ3) is 3.64. The van der Waals surface area contributed by atoms with E-state index < -0.39 is 0 Å². The van der Waals surface area contributed by atoms with Crippen molar-refractivity contribution >= 4 is 21.6 Å². The third-order valence-electron chi connectivity index (χ3n) is 1.81. The molecule has 14 heavy (non-hydrogen) atoms. The van der Waals surface area contributed by atoms with Gasteiger partial charge in [0.2, 0.25) is 0 Å². The van der Waals surface area contributed by atoms with E-state index in [0.29, 0.717) is 4.47 Å². The smallest absolute Gasteiger partial charge is 0.137 e. The Hall–Kier alpha value is -0.610. The SMILES string of the molecule is CN(C)CCNc1ccc(F)c(Br)c1. The molecule has 2 nitrogen and oxygen atoms in total. The maximum Gasteiger partial charge on any atom is 0.137 e. The van der Waals surface area contributed by atoms with Gasteiger partial charge in [-0.25, -0.2) is 4.39 Å². The summed E-state index contributed by atoms with van der Waals surface area (Å²) in [6, 6.07) is 4.92. The molecule has 1 aromatic rings. The molecule has 1 rings (SSSR count). The first-order valence-corrected chi connectivity index (χ1v) is 5.22. The molecule has 78 valence electrons. The third-order valence-corrected chi connectivity index (χ3v) is 2.42. The van der Waals surface area contributed by atoms with E-state index in [4.69, 9.17) is 0 Å². The molecule has 0 aliphatic heterocycles. The standard InChI is InChI=1S/C10H14BrFN2/c1-14(2)6-5-13-8-3-4-10(12)9(11)7-8/h3-4,7,13H,5-6H2,1-2H3. The molecule has 0 unspecified atom stereocenters. The molecule has 0 saturated heterocycles. The normalized spacial score (nSPS) is 10.6. The molecule has 4 heteroatoms. The minimum Gasteiger partial charge on any atom is -0.384 e. The number of hydrogen-bond acceptors (Lipinski definition) is 2. The zero-order valence-corrected chi connectivity index (χ0v) is 9.94. The highest BCUT2D eigenvalue weighted by Gasteiger charge is 1.99. The van der Waals surface area contributed by atoms with Crippen LogP contribution in [0.1, 0.15) is 0 Å². The Kier molecular flexibility index (Phi) is 4.35. The molecule has 1 aromatic carbocycles. The quantitative estimate of drug-likeness (QED) is 0.896. The van der Waals surface area contributed by atoms with Crippen LogP contribution in [0, 0.1) is 5.82 Å². The minimum absolute atomic E-state index is 0.233. The number of nitrogens with zero attached hydrogens (tertiary/aromatic N) is 1. The van der Waals surface area contributed by atoms with E-state index in [1.165, 1.54) is 6.07 Å². The van der Waals surface area contributed by atoms with Gasteiger partial charge in [-0.1, -0.05) is 0 Å². The van der Waals surface area contributed by atoms with E-state index in [1.54, 1.807) is 12.1 Å². The number of benzene rings is 1. The first-order chi connectivity index (χ1) is 6.59. The molecule has 0 fully saturated rings. The molecule has 0 aliphatic rings. The van der Waals surface area contributed by atoms with Gasteiger partial charge in [0.15, 0.2) is 0 Å². The van der Waals surface area contributed by atoms with Gasteiger partial charge in [-0.05, 0) is 48.2 Å². The summed E-state index contributed by atoms with van der Waals surface area (Å²) in [4.78, 5) is 2.09. The Morgan fingerprint density at radius 2 is 2.14 bits per heavy atom. The van der Waals surface area contributed by atoms with Crippen LogP contribution in [0.3, 0.4) is 0 Å². The van der Waals surface area contributed by atoms with Crippen LogP contribution in [-0.2, 0) is 0 Å². The molecular formula is C10H14BrFN2. The molecule has 0 aromatic heterocycles. The maximum absolute atomic E-state index is 12.9. The number of hydrogen-bond donors (Lipinski definition) is 1. The number of anilines is 1. The first kappa shape index (κ1) is 11.5. The predicted octanol–water partition coefficient (Wildman–Crippen LogP) is 2.56. The zero-order chi connectivity index (χ0) is 10.6. The molecular weight excluding hydrogens is 247 g/mol. The fraction of sp³-hybridized carbons (Fsp3) is 0.400. The summed E-state index contributed by atoms with van der Waals surface area (Å²) in [6.45, 7) is 1.81. The monoisotopic (exact) mass is 260 g/mol. The van der Waals surface area contributed by atoms with Gasteiger partial charge in [-0.3, -0.25) is 0 Å². The molecule has 0 saturated carbocycles. The van der Waals surface area contributed by atoms with Crippen molar-refractivity contribution in [1.82, 2.24) is 4.90 Å². The van der Waals surface area contributed by atoms with Crippen molar-refractivity contribution in [3.8, 4) is 0 Å². The summed E-state index contributed by atoms with van der Waals surface area (Å²) in [7, 11) is 4.03. The van der Waals surface area contributed by atoms with Crippen LogP contribution in [0.2, 0.25) is 0 Å². The second kappa shape index (κ2) is 5.32. The second-order valence-electron chi connectivity index (χ2n) is 3.36. The van der Waals surface area contributed by atoms with Crippen molar-refractivity contribution in [2.75, 3.05) is 32.5 Å². The maximum atomic E-state index is 12.9. The lowest BCUT2D eigenvalue weighted by Crippen LogP contribution is -2.20. The van der Waals surface area contributed by atoms with Gasteiger partial charge in [0, 0.05) is 18.8 Å². The Bertz CT molecular complexity index is 302. The van der Waals surface area contributed by atoms with Crippen molar-refractivity contribution < 1.29 is 4.39 Å². The lowest BCUT2D eigenvalue weighted by Gasteiger charge is -2.11. The van der Waals surface area contributed by atoms with Gasteiger partial charge in [0.1, 0.15) is 5.82 Å². The van der Waals surface area contributed by atoms with Gasteiger partial charge in [-0.2, -0.15) is 0 Å². The van der Waals surface area contributed by atoms with E-state index in [2.05, 4.69) is 26.1 Å². The van der Waals surface area contributed by atoms with Crippen LogP contribution in [0.15, 0.2) is 22.7 Å².